The molecule has 5 nitrogen and oxygen atoms in total. The Hall–Kier alpha value is -0.980. The van der Waals surface area contributed by atoms with Gasteiger partial charge < -0.3 is 19.7 Å². The maximum Gasteiger partial charge on any atom is 0.339 e. The van der Waals surface area contributed by atoms with Gasteiger partial charge in [0.25, 0.3) is 0 Å². The van der Waals surface area contributed by atoms with E-state index in [1.165, 1.54) is 17.8 Å². The maximum atomic E-state index is 10.7. The minimum atomic E-state index is -1.01. The largest absolute Gasteiger partial charge is 0.478 e. The van der Waals surface area contributed by atoms with E-state index in [0.717, 1.165) is 0 Å². The van der Waals surface area contributed by atoms with Crippen LogP contribution in [0.15, 0.2) is 10.5 Å². The van der Waals surface area contributed by atoms with E-state index in [1.807, 2.05) is 0 Å². The van der Waals surface area contributed by atoms with E-state index >= 15 is 0 Å². The molecule has 0 amide bonds. The fraction of sp³-hybridized carbons (Fsp3) is 0.500. The van der Waals surface area contributed by atoms with E-state index in [1.54, 1.807) is 6.92 Å². The highest BCUT2D eigenvalue weighted by atomic mass is 32.2. The van der Waals surface area contributed by atoms with Gasteiger partial charge >= 0.3 is 5.97 Å². The maximum absolute atomic E-state index is 10.7. The third kappa shape index (κ3) is 3.55. The first kappa shape index (κ1) is 13.1. The molecule has 1 rings (SSSR count). The predicted octanol–water partition coefficient (Wildman–Crippen LogP) is 0.873. The van der Waals surface area contributed by atoms with Gasteiger partial charge in [-0.1, -0.05) is 0 Å². The van der Waals surface area contributed by atoms with Crippen molar-refractivity contribution in [1.82, 2.24) is 0 Å². The molecule has 1 heterocycles. The summed E-state index contributed by atoms with van der Waals surface area (Å²) in [5, 5.41) is 26.5. The smallest absolute Gasteiger partial charge is 0.339 e. The molecule has 6 heteroatoms. The highest BCUT2D eigenvalue weighted by molar-refractivity contribution is 7.98. The van der Waals surface area contributed by atoms with Gasteiger partial charge in [-0.25, -0.2) is 4.79 Å². The van der Waals surface area contributed by atoms with Gasteiger partial charge in [0.1, 0.15) is 17.1 Å². The summed E-state index contributed by atoms with van der Waals surface area (Å²) in [4.78, 5) is 10.7. The van der Waals surface area contributed by atoms with Gasteiger partial charge in [0.15, 0.2) is 0 Å². The van der Waals surface area contributed by atoms with Crippen LogP contribution in [0.4, 0.5) is 0 Å². The Morgan fingerprint density at radius 3 is 2.81 bits per heavy atom. The van der Waals surface area contributed by atoms with Crippen LogP contribution in [0.25, 0.3) is 0 Å². The lowest BCUT2D eigenvalue weighted by atomic mass is 10.2. The van der Waals surface area contributed by atoms with Crippen molar-refractivity contribution in [3.8, 4) is 0 Å². The van der Waals surface area contributed by atoms with E-state index in [2.05, 4.69) is 0 Å². The van der Waals surface area contributed by atoms with Crippen LogP contribution in [0.1, 0.15) is 21.9 Å². The fourth-order valence-corrected chi connectivity index (χ4v) is 2.01. The van der Waals surface area contributed by atoms with Crippen molar-refractivity contribution in [2.45, 2.75) is 18.8 Å². The zero-order chi connectivity index (χ0) is 12.1. The number of furan rings is 1. The summed E-state index contributed by atoms with van der Waals surface area (Å²) in [7, 11) is 0. The molecule has 16 heavy (non-hydrogen) atoms. The van der Waals surface area contributed by atoms with E-state index in [9.17, 15) is 4.79 Å². The summed E-state index contributed by atoms with van der Waals surface area (Å²) < 4.78 is 5.25. The highest BCUT2D eigenvalue weighted by Crippen LogP contribution is 2.19. The molecule has 1 aromatic rings. The second-order valence-corrected chi connectivity index (χ2v) is 4.37. The van der Waals surface area contributed by atoms with Crippen LogP contribution in [0.3, 0.4) is 0 Å². The quantitative estimate of drug-likeness (QED) is 0.690. The van der Waals surface area contributed by atoms with Gasteiger partial charge in [-0.05, 0) is 13.0 Å². The first-order chi connectivity index (χ1) is 7.54. The first-order valence-electron chi connectivity index (χ1n) is 4.74. The number of aliphatic hydroxyl groups is 2. The molecule has 0 saturated heterocycles. The number of rotatable bonds is 6. The minimum absolute atomic E-state index is 0.165. The molecule has 0 aliphatic rings. The van der Waals surface area contributed by atoms with Crippen molar-refractivity contribution in [1.29, 1.82) is 0 Å². The van der Waals surface area contributed by atoms with Gasteiger partial charge in [-0.2, -0.15) is 11.8 Å². The zero-order valence-corrected chi connectivity index (χ0v) is 9.66. The normalized spacial score (nSPS) is 12.7. The summed E-state index contributed by atoms with van der Waals surface area (Å²) >= 11 is 1.38. The molecule has 0 bridgehead atoms. The molecule has 0 spiro atoms. The van der Waals surface area contributed by atoms with Crippen molar-refractivity contribution in [3.05, 3.63) is 23.2 Å². The lowest BCUT2D eigenvalue weighted by Gasteiger charge is -2.04. The molecule has 1 aromatic heterocycles. The number of thioether (sulfide) groups is 1. The molecule has 3 N–H and O–H groups in total. The fourth-order valence-electron chi connectivity index (χ4n) is 1.18. The van der Waals surface area contributed by atoms with Gasteiger partial charge in [0.2, 0.25) is 0 Å². The second-order valence-electron chi connectivity index (χ2n) is 3.34. The van der Waals surface area contributed by atoms with E-state index in [0.29, 0.717) is 23.0 Å². The average Bonchev–Trinajstić information content (AvgIpc) is 2.59. The molecular formula is C10H14O5S. The summed E-state index contributed by atoms with van der Waals surface area (Å²) in [6, 6.07) is 1.48. The third-order valence-electron chi connectivity index (χ3n) is 1.96. The molecule has 0 aliphatic carbocycles. The molecule has 90 valence electrons. The number of carboxylic acid groups (broad SMARTS) is 1. The Morgan fingerprint density at radius 2 is 2.31 bits per heavy atom. The van der Waals surface area contributed by atoms with Crippen molar-refractivity contribution < 1.29 is 24.5 Å². The molecular weight excluding hydrogens is 232 g/mol. The number of carbonyl (C=O) groups is 1. The Bertz CT molecular complexity index is 360. The number of aliphatic hydroxyl groups excluding tert-OH is 2. The molecule has 1 atom stereocenters. The van der Waals surface area contributed by atoms with Gasteiger partial charge in [-0.3, -0.25) is 0 Å². The van der Waals surface area contributed by atoms with Crippen LogP contribution in [0.5, 0.6) is 0 Å². The second kappa shape index (κ2) is 5.93. The van der Waals surface area contributed by atoms with Crippen LogP contribution >= 0.6 is 11.8 Å². The Balaban J connectivity index is 2.49. The molecule has 0 aliphatic heterocycles. The van der Waals surface area contributed by atoms with Crippen LogP contribution in [0.2, 0.25) is 0 Å². The van der Waals surface area contributed by atoms with Crippen molar-refractivity contribution in [2.75, 3.05) is 12.4 Å². The molecule has 0 radical (unpaired) electrons. The third-order valence-corrected chi connectivity index (χ3v) is 3.07. The SMILES string of the molecule is Cc1oc(CSCC(O)CO)cc1C(=O)O. The first-order valence-corrected chi connectivity index (χ1v) is 5.89. The molecule has 0 fully saturated rings. The number of aromatic carboxylic acids is 1. The van der Waals surface area contributed by atoms with E-state index in [-0.39, 0.29) is 12.2 Å². The van der Waals surface area contributed by atoms with Crippen molar-refractivity contribution in [2.24, 2.45) is 0 Å². The van der Waals surface area contributed by atoms with Crippen molar-refractivity contribution in [3.63, 3.8) is 0 Å². The molecule has 0 saturated carbocycles. The summed E-state index contributed by atoms with van der Waals surface area (Å²) in [5.41, 5.74) is 0.165. The number of hydrogen-bond donors (Lipinski definition) is 3. The monoisotopic (exact) mass is 246 g/mol. The Labute approximate surface area is 97.1 Å². The topological polar surface area (TPSA) is 90.9 Å². The predicted molar refractivity (Wildman–Crippen MR) is 59.7 cm³/mol. The van der Waals surface area contributed by atoms with E-state index < -0.39 is 12.1 Å². The number of aryl methyl sites for hydroxylation is 1. The lowest BCUT2D eigenvalue weighted by molar-refractivity contribution is 0.0695. The standard InChI is InChI=1S/C10H14O5S/c1-6-9(10(13)14)2-8(15-6)5-16-4-7(12)3-11/h2,7,11-12H,3-5H2,1H3,(H,13,14). The van der Waals surface area contributed by atoms with Crippen LogP contribution in [-0.2, 0) is 5.75 Å². The van der Waals surface area contributed by atoms with Gasteiger partial charge in [-0.15, -0.1) is 0 Å². The minimum Gasteiger partial charge on any atom is -0.478 e. The summed E-state index contributed by atoms with van der Waals surface area (Å²) in [6.45, 7) is 1.32. The average molecular weight is 246 g/mol. The van der Waals surface area contributed by atoms with Gasteiger partial charge in [0, 0.05) is 5.75 Å². The number of carboxylic acids is 1. The number of hydrogen-bond acceptors (Lipinski definition) is 5. The summed E-state index contributed by atoms with van der Waals surface area (Å²) in [5.74, 6) is 0.799. The highest BCUT2D eigenvalue weighted by Gasteiger charge is 2.13. The Kier molecular flexibility index (Phi) is 4.85. The molecule has 1 unspecified atom stereocenters. The van der Waals surface area contributed by atoms with Crippen LogP contribution in [-0.4, -0.2) is 39.8 Å². The van der Waals surface area contributed by atoms with Crippen LogP contribution < -0.4 is 0 Å². The van der Waals surface area contributed by atoms with Crippen molar-refractivity contribution >= 4 is 17.7 Å². The summed E-state index contributed by atoms with van der Waals surface area (Å²) in [6.07, 6.45) is -0.750. The zero-order valence-electron chi connectivity index (χ0n) is 8.84. The van der Waals surface area contributed by atoms with Crippen LogP contribution in [0, 0.1) is 6.92 Å². The van der Waals surface area contributed by atoms with E-state index in [4.69, 9.17) is 19.7 Å². The molecule has 0 aromatic carbocycles. The van der Waals surface area contributed by atoms with Gasteiger partial charge in [0.05, 0.1) is 18.5 Å². The lowest BCUT2D eigenvalue weighted by Crippen LogP contribution is -2.14. The Morgan fingerprint density at radius 1 is 1.62 bits per heavy atom.